The van der Waals surface area contributed by atoms with E-state index in [1.807, 2.05) is 23.1 Å². The summed E-state index contributed by atoms with van der Waals surface area (Å²) >= 11 is 3.98. The molecule has 0 radical (unpaired) electrons. The SMILES string of the molecule is CC(C)SCc1ccc(C(C)C)s1. The van der Waals surface area contributed by atoms with Crippen LogP contribution in [0.25, 0.3) is 0 Å². The molecule has 0 saturated carbocycles. The zero-order valence-corrected chi connectivity index (χ0v) is 10.5. The van der Waals surface area contributed by atoms with E-state index in [1.54, 1.807) is 0 Å². The van der Waals surface area contributed by atoms with Crippen molar-refractivity contribution >= 4 is 23.1 Å². The minimum atomic E-state index is 0.683. The maximum absolute atomic E-state index is 2.27. The van der Waals surface area contributed by atoms with E-state index in [9.17, 15) is 0 Å². The molecular formula is C11H18S2. The lowest BCUT2D eigenvalue weighted by atomic mass is 10.2. The highest BCUT2D eigenvalue weighted by Gasteiger charge is 2.04. The van der Waals surface area contributed by atoms with Crippen LogP contribution in [-0.2, 0) is 5.75 Å². The Morgan fingerprint density at radius 3 is 2.38 bits per heavy atom. The van der Waals surface area contributed by atoms with Crippen LogP contribution in [0, 0.1) is 0 Å². The minimum absolute atomic E-state index is 0.683. The third-order valence-electron chi connectivity index (χ3n) is 1.81. The Kier molecular flexibility index (Phi) is 4.33. The molecule has 0 bridgehead atoms. The Labute approximate surface area is 89.7 Å². The summed E-state index contributed by atoms with van der Waals surface area (Å²) in [6.45, 7) is 9.01. The molecule has 0 spiro atoms. The third kappa shape index (κ3) is 3.74. The quantitative estimate of drug-likeness (QED) is 0.710. The van der Waals surface area contributed by atoms with Gasteiger partial charge in [-0.05, 0) is 23.3 Å². The normalized spacial score (nSPS) is 11.5. The van der Waals surface area contributed by atoms with Gasteiger partial charge in [-0.2, -0.15) is 11.8 Å². The summed E-state index contributed by atoms with van der Waals surface area (Å²) in [6.07, 6.45) is 0. The third-order valence-corrected chi connectivity index (χ3v) is 4.52. The maximum Gasteiger partial charge on any atom is 0.0281 e. The fraction of sp³-hybridized carbons (Fsp3) is 0.636. The molecule has 1 rings (SSSR count). The Morgan fingerprint density at radius 1 is 1.23 bits per heavy atom. The molecule has 0 N–H and O–H groups in total. The van der Waals surface area contributed by atoms with Crippen LogP contribution in [0.1, 0.15) is 43.4 Å². The summed E-state index contributed by atoms with van der Waals surface area (Å²) in [5.74, 6) is 1.86. The summed E-state index contributed by atoms with van der Waals surface area (Å²) in [7, 11) is 0. The molecule has 2 heteroatoms. The van der Waals surface area contributed by atoms with Crippen molar-refractivity contribution in [3.8, 4) is 0 Å². The first-order chi connectivity index (χ1) is 6.09. The van der Waals surface area contributed by atoms with Crippen LogP contribution in [0.15, 0.2) is 12.1 Å². The average molecular weight is 214 g/mol. The monoisotopic (exact) mass is 214 g/mol. The number of hydrogen-bond acceptors (Lipinski definition) is 2. The van der Waals surface area contributed by atoms with Crippen LogP contribution in [0.4, 0.5) is 0 Å². The second kappa shape index (κ2) is 5.06. The van der Waals surface area contributed by atoms with Gasteiger partial charge in [0, 0.05) is 15.5 Å². The molecule has 1 aromatic rings. The van der Waals surface area contributed by atoms with Crippen molar-refractivity contribution in [2.75, 3.05) is 0 Å². The summed E-state index contributed by atoms with van der Waals surface area (Å²) in [5, 5.41) is 0.740. The van der Waals surface area contributed by atoms with E-state index in [0.717, 1.165) is 5.25 Å². The van der Waals surface area contributed by atoms with Crippen LogP contribution in [0.2, 0.25) is 0 Å². The zero-order chi connectivity index (χ0) is 9.84. The van der Waals surface area contributed by atoms with Crippen molar-refractivity contribution in [2.45, 2.75) is 44.6 Å². The zero-order valence-electron chi connectivity index (χ0n) is 8.83. The molecule has 1 aromatic heterocycles. The van der Waals surface area contributed by atoms with Gasteiger partial charge in [-0.15, -0.1) is 11.3 Å². The lowest BCUT2D eigenvalue weighted by Crippen LogP contribution is -1.86. The number of thiophene rings is 1. The van der Waals surface area contributed by atoms with Gasteiger partial charge in [-0.25, -0.2) is 0 Å². The summed E-state index contributed by atoms with van der Waals surface area (Å²) in [5.41, 5.74) is 0. The lowest BCUT2D eigenvalue weighted by molar-refractivity contribution is 0.890. The van der Waals surface area contributed by atoms with E-state index < -0.39 is 0 Å². The number of rotatable bonds is 4. The van der Waals surface area contributed by atoms with Gasteiger partial charge in [-0.3, -0.25) is 0 Å². The summed E-state index contributed by atoms with van der Waals surface area (Å²) < 4.78 is 0. The Morgan fingerprint density at radius 2 is 1.92 bits per heavy atom. The highest BCUT2D eigenvalue weighted by molar-refractivity contribution is 7.99. The van der Waals surface area contributed by atoms with E-state index in [2.05, 4.69) is 39.8 Å². The van der Waals surface area contributed by atoms with Crippen LogP contribution in [0.5, 0.6) is 0 Å². The predicted octanol–water partition coefficient (Wildman–Crippen LogP) is 4.51. The Hall–Kier alpha value is 0.0500. The molecule has 0 unspecified atom stereocenters. The second-order valence-electron chi connectivity index (χ2n) is 3.82. The molecule has 74 valence electrons. The lowest BCUT2D eigenvalue weighted by Gasteiger charge is -2.02. The molecule has 0 aromatic carbocycles. The van der Waals surface area contributed by atoms with E-state index in [1.165, 1.54) is 15.5 Å². The number of hydrogen-bond donors (Lipinski definition) is 0. The molecule has 0 aliphatic rings. The van der Waals surface area contributed by atoms with Gasteiger partial charge in [0.1, 0.15) is 0 Å². The molecule has 0 amide bonds. The van der Waals surface area contributed by atoms with Crippen LogP contribution in [-0.4, -0.2) is 5.25 Å². The molecule has 0 nitrogen and oxygen atoms in total. The average Bonchev–Trinajstić information content (AvgIpc) is 2.48. The minimum Gasteiger partial charge on any atom is -0.154 e. The van der Waals surface area contributed by atoms with Crippen molar-refractivity contribution in [2.24, 2.45) is 0 Å². The fourth-order valence-corrected chi connectivity index (χ4v) is 2.88. The van der Waals surface area contributed by atoms with Gasteiger partial charge in [0.25, 0.3) is 0 Å². The van der Waals surface area contributed by atoms with E-state index in [-0.39, 0.29) is 0 Å². The second-order valence-corrected chi connectivity index (χ2v) is 6.58. The highest BCUT2D eigenvalue weighted by atomic mass is 32.2. The fourth-order valence-electron chi connectivity index (χ4n) is 1.03. The first-order valence-corrected chi connectivity index (χ1v) is 6.66. The van der Waals surface area contributed by atoms with Crippen molar-refractivity contribution in [3.63, 3.8) is 0 Å². The Balaban J connectivity index is 2.49. The van der Waals surface area contributed by atoms with Crippen LogP contribution in [0.3, 0.4) is 0 Å². The van der Waals surface area contributed by atoms with Gasteiger partial charge in [0.2, 0.25) is 0 Å². The standard InChI is InChI=1S/C11H18S2/c1-8(2)11-6-5-10(13-11)7-12-9(3)4/h5-6,8-9H,7H2,1-4H3. The molecule has 1 heterocycles. The van der Waals surface area contributed by atoms with Crippen LogP contribution < -0.4 is 0 Å². The predicted molar refractivity (Wildman–Crippen MR) is 64.8 cm³/mol. The maximum atomic E-state index is 2.27. The molecule has 0 saturated heterocycles. The summed E-state index contributed by atoms with van der Waals surface area (Å²) in [4.78, 5) is 3.03. The van der Waals surface area contributed by atoms with Crippen molar-refractivity contribution in [3.05, 3.63) is 21.9 Å². The van der Waals surface area contributed by atoms with Gasteiger partial charge in [-0.1, -0.05) is 27.7 Å². The molecular weight excluding hydrogens is 196 g/mol. The van der Waals surface area contributed by atoms with E-state index in [4.69, 9.17) is 0 Å². The van der Waals surface area contributed by atoms with Gasteiger partial charge >= 0.3 is 0 Å². The highest BCUT2D eigenvalue weighted by Crippen LogP contribution is 2.28. The molecule has 0 fully saturated rings. The molecule has 0 aliphatic heterocycles. The smallest absolute Gasteiger partial charge is 0.0281 e. The molecule has 0 aliphatic carbocycles. The van der Waals surface area contributed by atoms with Crippen molar-refractivity contribution in [1.29, 1.82) is 0 Å². The first-order valence-electron chi connectivity index (χ1n) is 4.79. The van der Waals surface area contributed by atoms with E-state index in [0.29, 0.717) is 5.92 Å². The van der Waals surface area contributed by atoms with Gasteiger partial charge in [0.05, 0.1) is 0 Å². The largest absolute Gasteiger partial charge is 0.154 e. The van der Waals surface area contributed by atoms with E-state index >= 15 is 0 Å². The first kappa shape index (κ1) is 11.1. The number of thioether (sulfide) groups is 1. The summed E-state index contributed by atoms with van der Waals surface area (Å²) in [6, 6.07) is 4.54. The van der Waals surface area contributed by atoms with Crippen molar-refractivity contribution < 1.29 is 0 Å². The van der Waals surface area contributed by atoms with Gasteiger partial charge in [0.15, 0.2) is 0 Å². The molecule has 0 atom stereocenters. The van der Waals surface area contributed by atoms with Gasteiger partial charge < -0.3 is 0 Å². The van der Waals surface area contributed by atoms with Crippen LogP contribution >= 0.6 is 23.1 Å². The Bertz CT molecular complexity index is 248. The topological polar surface area (TPSA) is 0 Å². The molecule has 13 heavy (non-hydrogen) atoms. The van der Waals surface area contributed by atoms with Crippen molar-refractivity contribution in [1.82, 2.24) is 0 Å².